The Bertz CT molecular complexity index is 691. The van der Waals surface area contributed by atoms with Gasteiger partial charge in [-0.3, -0.25) is 4.79 Å². The van der Waals surface area contributed by atoms with E-state index in [0.29, 0.717) is 18.3 Å². The van der Waals surface area contributed by atoms with Crippen LogP contribution in [0.3, 0.4) is 0 Å². The molecule has 3 N–H and O–H groups in total. The van der Waals surface area contributed by atoms with Crippen LogP contribution in [0.15, 0.2) is 23.1 Å². The Hall–Kier alpha value is -1.64. The zero-order valence-corrected chi connectivity index (χ0v) is 14.9. The lowest BCUT2D eigenvalue weighted by molar-refractivity contribution is 0.0946. The fourth-order valence-corrected chi connectivity index (χ4v) is 3.67. The van der Waals surface area contributed by atoms with E-state index < -0.39 is 10.0 Å². The maximum Gasteiger partial charge on any atom is 0.255 e. The molecule has 1 atom stereocenters. The lowest BCUT2D eigenvalue weighted by atomic mass is 10.1. The van der Waals surface area contributed by atoms with Crippen molar-refractivity contribution in [2.45, 2.75) is 37.1 Å². The molecule has 1 aromatic carbocycles. The second-order valence-corrected chi connectivity index (χ2v) is 7.44. The number of primary sulfonamides is 1. The monoisotopic (exact) mass is 355 g/mol. The number of nitrogens with one attached hydrogen (secondary N) is 1. The Morgan fingerprint density at radius 3 is 2.83 bits per heavy atom. The van der Waals surface area contributed by atoms with Crippen LogP contribution < -0.4 is 15.2 Å². The van der Waals surface area contributed by atoms with Gasteiger partial charge in [0.1, 0.15) is 5.75 Å². The maximum absolute atomic E-state index is 12.4. The van der Waals surface area contributed by atoms with E-state index in [1.54, 1.807) is 0 Å². The Kier molecular flexibility index (Phi) is 6.20. The first kappa shape index (κ1) is 18.7. The summed E-state index contributed by atoms with van der Waals surface area (Å²) in [5.41, 5.74) is 0.169. The first-order valence-electron chi connectivity index (χ1n) is 8.10. The van der Waals surface area contributed by atoms with Gasteiger partial charge < -0.3 is 15.0 Å². The molecule has 0 aliphatic carbocycles. The van der Waals surface area contributed by atoms with Crippen molar-refractivity contribution in [1.82, 2.24) is 10.2 Å². The van der Waals surface area contributed by atoms with Crippen molar-refractivity contribution in [1.29, 1.82) is 0 Å². The van der Waals surface area contributed by atoms with Crippen molar-refractivity contribution in [2.75, 3.05) is 26.7 Å². The Labute approximate surface area is 143 Å². The number of ether oxygens (including phenoxy) is 1. The minimum absolute atomic E-state index is 0.110. The van der Waals surface area contributed by atoms with E-state index in [2.05, 4.69) is 17.1 Å². The Morgan fingerprint density at radius 1 is 1.46 bits per heavy atom. The van der Waals surface area contributed by atoms with Gasteiger partial charge in [-0.25, -0.2) is 13.6 Å². The van der Waals surface area contributed by atoms with E-state index >= 15 is 0 Å². The van der Waals surface area contributed by atoms with E-state index in [1.165, 1.54) is 31.7 Å². The molecule has 1 aliphatic rings. The van der Waals surface area contributed by atoms with Crippen LogP contribution in [0.2, 0.25) is 0 Å². The number of likely N-dealkylation sites (tertiary alicyclic amines) is 1. The average Bonchev–Trinajstić information content (AvgIpc) is 3.00. The standard InChI is InChI=1S/C16H25N3O4S/c1-3-19-10-4-5-12(19)8-9-18-16(20)14-11-13(24(17,21)22)6-7-15(14)23-2/h6-7,11-12H,3-5,8-10H2,1-2H3,(H,18,20)(H2,17,21,22). The smallest absolute Gasteiger partial charge is 0.255 e. The number of amides is 1. The van der Waals surface area contributed by atoms with Crippen LogP contribution in [0.25, 0.3) is 0 Å². The predicted octanol–water partition coefficient (Wildman–Crippen LogP) is 0.947. The van der Waals surface area contributed by atoms with Crippen molar-refractivity contribution < 1.29 is 17.9 Å². The molecule has 1 fully saturated rings. The molecule has 1 heterocycles. The SMILES string of the molecule is CCN1CCCC1CCNC(=O)c1cc(S(N)(=O)=O)ccc1OC. The first-order chi connectivity index (χ1) is 11.4. The number of carbonyl (C=O) groups excluding carboxylic acids is 1. The summed E-state index contributed by atoms with van der Waals surface area (Å²) < 4.78 is 28.1. The van der Waals surface area contributed by atoms with Gasteiger partial charge in [-0.1, -0.05) is 6.92 Å². The van der Waals surface area contributed by atoms with Crippen LogP contribution in [-0.4, -0.2) is 52.0 Å². The maximum atomic E-state index is 12.4. The van der Waals surface area contributed by atoms with Gasteiger partial charge in [0.15, 0.2) is 0 Å². The topological polar surface area (TPSA) is 102 Å². The lowest BCUT2D eigenvalue weighted by Gasteiger charge is -2.22. The molecule has 1 aromatic rings. The van der Waals surface area contributed by atoms with Crippen molar-refractivity contribution in [3.8, 4) is 5.75 Å². The number of hydrogen-bond donors (Lipinski definition) is 2. The summed E-state index contributed by atoms with van der Waals surface area (Å²) in [5, 5.41) is 7.97. The van der Waals surface area contributed by atoms with Gasteiger partial charge >= 0.3 is 0 Å². The first-order valence-corrected chi connectivity index (χ1v) is 9.64. The summed E-state index contributed by atoms with van der Waals surface area (Å²) in [7, 11) is -2.44. The number of nitrogens with zero attached hydrogens (tertiary/aromatic N) is 1. The molecule has 0 radical (unpaired) electrons. The van der Waals surface area contributed by atoms with Crippen LogP contribution in [0.4, 0.5) is 0 Å². The van der Waals surface area contributed by atoms with Gasteiger partial charge in [0, 0.05) is 12.6 Å². The Morgan fingerprint density at radius 2 is 2.21 bits per heavy atom. The zero-order chi connectivity index (χ0) is 17.7. The molecule has 1 saturated heterocycles. The van der Waals surface area contributed by atoms with Crippen LogP contribution in [0.5, 0.6) is 5.75 Å². The molecular formula is C16H25N3O4S. The van der Waals surface area contributed by atoms with Crippen LogP contribution in [0.1, 0.15) is 36.5 Å². The van der Waals surface area contributed by atoms with Crippen molar-refractivity contribution in [3.05, 3.63) is 23.8 Å². The minimum atomic E-state index is -3.87. The summed E-state index contributed by atoms with van der Waals surface area (Å²) in [6.45, 7) is 4.80. The fraction of sp³-hybridized carbons (Fsp3) is 0.562. The largest absolute Gasteiger partial charge is 0.496 e. The molecule has 0 spiro atoms. The third kappa shape index (κ3) is 4.46. The highest BCUT2D eigenvalue weighted by Crippen LogP contribution is 2.22. The number of methoxy groups -OCH3 is 1. The molecule has 1 aliphatic heterocycles. The van der Waals surface area contributed by atoms with Crippen molar-refractivity contribution in [3.63, 3.8) is 0 Å². The van der Waals surface area contributed by atoms with Gasteiger partial charge in [0.2, 0.25) is 10.0 Å². The molecule has 8 heteroatoms. The highest BCUT2D eigenvalue weighted by molar-refractivity contribution is 7.89. The molecule has 134 valence electrons. The molecule has 0 aromatic heterocycles. The molecule has 24 heavy (non-hydrogen) atoms. The lowest BCUT2D eigenvalue weighted by Crippen LogP contribution is -2.34. The Balaban J connectivity index is 2.03. The molecule has 1 unspecified atom stereocenters. The van der Waals surface area contributed by atoms with Gasteiger partial charge in [0.05, 0.1) is 17.6 Å². The third-order valence-electron chi connectivity index (χ3n) is 4.41. The number of benzene rings is 1. The van der Waals surface area contributed by atoms with E-state index in [0.717, 1.165) is 25.9 Å². The van der Waals surface area contributed by atoms with Crippen molar-refractivity contribution in [2.24, 2.45) is 5.14 Å². The molecule has 2 rings (SSSR count). The van der Waals surface area contributed by atoms with E-state index in [-0.39, 0.29) is 16.4 Å². The molecular weight excluding hydrogens is 330 g/mol. The second-order valence-electron chi connectivity index (χ2n) is 5.88. The quantitative estimate of drug-likeness (QED) is 0.758. The predicted molar refractivity (Wildman–Crippen MR) is 91.6 cm³/mol. The third-order valence-corrected chi connectivity index (χ3v) is 5.32. The summed E-state index contributed by atoms with van der Waals surface area (Å²) in [6.07, 6.45) is 3.21. The van der Waals surface area contributed by atoms with Gasteiger partial charge in [0.25, 0.3) is 5.91 Å². The van der Waals surface area contributed by atoms with Crippen molar-refractivity contribution >= 4 is 15.9 Å². The summed E-state index contributed by atoms with van der Waals surface area (Å²) in [5.74, 6) is -0.0469. The zero-order valence-electron chi connectivity index (χ0n) is 14.1. The van der Waals surface area contributed by atoms with Gasteiger partial charge in [-0.2, -0.15) is 0 Å². The van der Waals surface area contributed by atoms with E-state index in [9.17, 15) is 13.2 Å². The minimum Gasteiger partial charge on any atom is -0.496 e. The molecule has 1 amide bonds. The fourth-order valence-electron chi connectivity index (χ4n) is 3.13. The van der Waals surface area contributed by atoms with Gasteiger partial charge in [-0.15, -0.1) is 0 Å². The van der Waals surface area contributed by atoms with E-state index in [4.69, 9.17) is 9.88 Å². The van der Waals surface area contributed by atoms with Crippen LogP contribution in [0, 0.1) is 0 Å². The van der Waals surface area contributed by atoms with Crippen LogP contribution in [-0.2, 0) is 10.0 Å². The number of hydrogen-bond acceptors (Lipinski definition) is 5. The second kappa shape index (κ2) is 7.96. The average molecular weight is 355 g/mol. The van der Waals surface area contributed by atoms with Gasteiger partial charge in [-0.05, 0) is 50.6 Å². The summed E-state index contributed by atoms with van der Waals surface area (Å²) in [6, 6.07) is 4.50. The van der Waals surface area contributed by atoms with Crippen LogP contribution >= 0.6 is 0 Å². The summed E-state index contributed by atoms with van der Waals surface area (Å²) >= 11 is 0. The highest BCUT2D eigenvalue weighted by atomic mass is 32.2. The molecule has 7 nitrogen and oxygen atoms in total. The molecule has 0 saturated carbocycles. The van der Waals surface area contributed by atoms with E-state index in [1.807, 2.05) is 0 Å². The molecule has 0 bridgehead atoms. The normalized spacial score (nSPS) is 18.5. The highest BCUT2D eigenvalue weighted by Gasteiger charge is 2.23. The number of rotatable bonds is 7. The number of nitrogens with two attached hydrogens (primary N) is 1. The summed E-state index contributed by atoms with van der Waals surface area (Å²) in [4.78, 5) is 14.7. The number of sulfonamides is 1. The number of carbonyl (C=O) groups is 1.